The van der Waals surface area contributed by atoms with Gasteiger partial charge in [0.05, 0.1) is 12.1 Å². The van der Waals surface area contributed by atoms with E-state index in [4.69, 9.17) is 4.74 Å². The predicted octanol–water partition coefficient (Wildman–Crippen LogP) is 1.31. The van der Waals surface area contributed by atoms with Crippen LogP contribution in [0.15, 0.2) is 24.3 Å². The van der Waals surface area contributed by atoms with Gasteiger partial charge in [-0.2, -0.15) is 0 Å². The number of nitrogens with zero attached hydrogens (tertiary/aromatic N) is 1. The zero-order valence-corrected chi connectivity index (χ0v) is 14.8. The SMILES string of the molecule is Cc1ccccc1[C@@H]1[C@@H](C(=O)NC2CCC(O)CC2)OCC(=O)N1C. The Morgan fingerprint density at radius 1 is 1.24 bits per heavy atom. The summed E-state index contributed by atoms with van der Waals surface area (Å²) in [5.41, 5.74) is 1.95. The fourth-order valence-corrected chi connectivity index (χ4v) is 3.73. The first kappa shape index (κ1) is 17.9. The molecule has 1 aliphatic carbocycles. The number of morpholine rings is 1. The Bertz CT molecular complexity index is 640. The van der Waals surface area contributed by atoms with Crippen molar-refractivity contribution in [1.82, 2.24) is 10.2 Å². The molecule has 2 N–H and O–H groups in total. The summed E-state index contributed by atoms with van der Waals surface area (Å²) >= 11 is 0. The zero-order chi connectivity index (χ0) is 18.0. The monoisotopic (exact) mass is 346 g/mol. The largest absolute Gasteiger partial charge is 0.393 e. The quantitative estimate of drug-likeness (QED) is 0.865. The van der Waals surface area contributed by atoms with Gasteiger partial charge in [-0.3, -0.25) is 9.59 Å². The van der Waals surface area contributed by atoms with E-state index in [1.165, 1.54) is 0 Å². The van der Waals surface area contributed by atoms with Gasteiger partial charge in [-0.05, 0) is 43.7 Å². The summed E-state index contributed by atoms with van der Waals surface area (Å²) in [5.74, 6) is -0.313. The van der Waals surface area contributed by atoms with Gasteiger partial charge in [0, 0.05) is 13.1 Å². The molecule has 0 bridgehead atoms. The molecule has 0 radical (unpaired) electrons. The number of nitrogens with one attached hydrogen (secondary N) is 1. The van der Waals surface area contributed by atoms with Crippen LogP contribution in [0.1, 0.15) is 42.9 Å². The molecule has 136 valence electrons. The van der Waals surface area contributed by atoms with Gasteiger partial charge in [-0.15, -0.1) is 0 Å². The molecular formula is C19H26N2O4. The average Bonchev–Trinajstić information content (AvgIpc) is 2.60. The summed E-state index contributed by atoms with van der Waals surface area (Å²) in [5, 5.41) is 12.7. The van der Waals surface area contributed by atoms with Gasteiger partial charge in [0.25, 0.3) is 5.91 Å². The molecule has 0 spiro atoms. The van der Waals surface area contributed by atoms with Crippen molar-refractivity contribution in [3.63, 3.8) is 0 Å². The highest BCUT2D eigenvalue weighted by molar-refractivity contribution is 5.86. The fraction of sp³-hybridized carbons (Fsp3) is 0.579. The van der Waals surface area contributed by atoms with E-state index in [1.807, 2.05) is 31.2 Å². The van der Waals surface area contributed by atoms with Crippen molar-refractivity contribution in [2.75, 3.05) is 13.7 Å². The molecule has 1 heterocycles. The Labute approximate surface area is 148 Å². The second-order valence-corrected chi connectivity index (χ2v) is 7.05. The zero-order valence-electron chi connectivity index (χ0n) is 14.8. The maximum absolute atomic E-state index is 12.9. The van der Waals surface area contributed by atoms with E-state index in [1.54, 1.807) is 11.9 Å². The van der Waals surface area contributed by atoms with Crippen molar-refractivity contribution in [3.8, 4) is 0 Å². The van der Waals surface area contributed by atoms with Gasteiger partial charge < -0.3 is 20.1 Å². The predicted molar refractivity (Wildman–Crippen MR) is 92.8 cm³/mol. The van der Waals surface area contributed by atoms with E-state index in [0.29, 0.717) is 12.8 Å². The van der Waals surface area contributed by atoms with Crippen LogP contribution < -0.4 is 5.32 Å². The van der Waals surface area contributed by atoms with Crippen molar-refractivity contribution < 1.29 is 19.4 Å². The molecule has 1 aliphatic heterocycles. The van der Waals surface area contributed by atoms with Crippen LogP contribution in [0.25, 0.3) is 0 Å². The first-order valence-corrected chi connectivity index (χ1v) is 8.88. The molecule has 2 aliphatic rings. The molecule has 1 saturated heterocycles. The van der Waals surface area contributed by atoms with E-state index in [2.05, 4.69) is 5.32 Å². The third-order valence-electron chi connectivity index (χ3n) is 5.29. The maximum atomic E-state index is 12.9. The first-order chi connectivity index (χ1) is 12.0. The van der Waals surface area contributed by atoms with Gasteiger partial charge >= 0.3 is 0 Å². The Kier molecular flexibility index (Phi) is 5.39. The molecule has 25 heavy (non-hydrogen) atoms. The van der Waals surface area contributed by atoms with Crippen molar-refractivity contribution in [2.24, 2.45) is 0 Å². The summed E-state index contributed by atoms with van der Waals surface area (Å²) in [6.45, 7) is 1.89. The number of aryl methyl sites for hydroxylation is 1. The van der Waals surface area contributed by atoms with Crippen LogP contribution in [0.3, 0.4) is 0 Å². The molecule has 6 nitrogen and oxygen atoms in total. The van der Waals surface area contributed by atoms with E-state index < -0.39 is 12.1 Å². The summed E-state index contributed by atoms with van der Waals surface area (Å²) in [6.07, 6.45) is 1.96. The highest BCUT2D eigenvalue weighted by Crippen LogP contribution is 2.31. The number of amides is 2. The van der Waals surface area contributed by atoms with E-state index in [0.717, 1.165) is 24.0 Å². The smallest absolute Gasteiger partial charge is 0.251 e. The highest BCUT2D eigenvalue weighted by Gasteiger charge is 2.41. The minimum absolute atomic E-state index is 0.0555. The molecule has 2 fully saturated rings. The van der Waals surface area contributed by atoms with E-state index in [9.17, 15) is 14.7 Å². The molecular weight excluding hydrogens is 320 g/mol. The van der Waals surface area contributed by atoms with E-state index >= 15 is 0 Å². The molecule has 1 saturated carbocycles. The Morgan fingerprint density at radius 3 is 2.60 bits per heavy atom. The summed E-state index contributed by atoms with van der Waals surface area (Å²) in [6, 6.07) is 7.38. The lowest BCUT2D eigenvalue weighted by atomic mass is 9.91. The molecule has 0 aromatic heterocycles. The number of rotatable bonds is 3. The number of carbonyl (C=O) groups is 2. The van der Waals surface area contributed by atoms with Crippen molar-refractivity contribution in [2.45, 2.75) is 56.9 Å². The fourth-order valence-electron chi connectivity index (χ4n) is 3.73. The minimum Gasteiger partial charge on any atom is -0.393 e. The van der Waals surface area contributed by atoms with Crippen LogP contribution in [-0.2, 0) is 14.3 Å². The number of ether oxygens (including phenoxy) is 1. The summed E-state index contributed by atoms with van der Waals surface area (Å²) < 4.78 is 5.65. The van der Waals surface area contributed by atoms with Crippen molar-refractivity contribution >= 4 is 11.8 Å². The Hall–Kier alpha value is -1.92. The number of aliphatic hydroxyl groups is 1. The second kappa shape index (κ2) is 7.54. The molecule has 6 heteroatoms. The van der Waals surface area contributed by atoms with Gasteiger partial charge in [-0.1, -0.05) is 24.3 Å². The number of aliphatic hydroxyl groups excluding tert-OH is 1. The van der Waals surface area contributed by atoms with Gasteiger partial charge in [-0.25, -0.2) is 0 Å². The lowest BCUT2D eigenvalue weighted by Gasteiger charge is -2.39. The van der Waals surface area contributed by atoms with Gasteiger partial charge in [0.2, 0.25) is 5.91 Å². The van der Waals surface area contributed by atoms with Crippen LogP contribution in [-0.4, -0.2) is 53.7 Å². The lowest BCUT2D eigenvalue weighted by molar-refractivity contribution is -0.162. The molecule has 1 aromatic rings. The Balaban J connectivity index is 1.78. The summed E-state index contributed by atoms with van der Waals surface area (Å²) in [4.78, 5) is 26.6. The standard InChI is InChI=1S/C19H26N2O4/c1-12-5-3-4-6-15(12)17-18(25-11-16(23)21(17)2)19(24)20-13-7-9-14(22)10-8-13/h3-6,13-14,17-18,22H,7-11H2,1-2H3,(H,20,24)/t13?,14?,17-,18+/m1/s1. The van der Waals surface area contributed by atoms with Crippen molar-refractivity contribution in [3.05, 3.63) is 35.4 Å². The minimum atomic E-state index is -0.726. The maximum Gasteiger partial charge on any atom is 0.251 e. The number of hydrogen-bond donors (Lipinski definition) is 2. The normalized spacial score (nSPS) is 30.2. The number of benzene rings is 1. The Morgan fingerprint density at radius 2 is 1.92 bits per heavy atom. The molecule has 1 aromatic carbocycles. The number of likely N-dealkylation sites (N-methyl/N-ethyl adjacent to an activating group) is 1. The van der Waals surface area contributed by atoms with E-state index in [-0.39, 0.29) is 30.6 Å². The lowest BCUT2D eigenvalue weighted by Crippen LogP contribution is -2.55. The van der Waals surface area contributed by atoms with Gasteiger partial charge in [0.15, 0.2) is 6.10 Å². The van der Waals surface area contributed by atoms with Crippen molar-refractivity contribution in [1.29, 1.82) is 0 Å². The van der Waals surface area contributed by atoms with Gasteiger partial charge in [0.1, 0.15) is 6.61 Å². The topological polar surface area (TPSA) is 78.9 Å². The van der Waals surface area contributed by atoms with Crippen LogP contribution in [0.4, 0.5) is 0 Å². The molecule has 2 atom stereocenters. The third kappa shape index (κ3) is 3.85. The van der Waals surface area contributed by atoms with Crippen LogP contribution in [0, 0.1) is 6.92 Å². The summed E-state index contributed by atoms with van der Waals surface area (Å²) in [7, 11) is 1.72. The average molecular weight is 346 g/mol. The van der Waals surface area contributed by atoms with Crippen LogP contribution >= 0.6 is 0 Å². The third-order valence-corrected chi connectivity index (χ3v) is 5.29. The molecule has 2 amide bonds. The number of carbonyl (C=O) groups excluding carboxylic acids is 2. The van der Waals surface area contributed by atoms with Crippen LogP contribution in [0.5, 0.6) is 0 Å². The second-order valence-electron chi connectivity index (χ2n) is 7.05. The van der Waals surface area contributed by atoms with Crippen LogP contribution in [0.2, 0.25) is 0 Å². The molecule has 3 rings (SSSR count). The first-order valence-electron chi connectivity index (χ1n) is 8.88. The molecule has 0 unspecified atom stereocenters. The highest BCUT2D eigenvalue weighted by atomic mass is 16.5. The number of hydrogen-bond acceptors (Lipinski definition) is 4.